The highest BCUT2D eigenvalue weighted by molar-refractivity contribution is 6.30. The smallest absolute Gasteiger partial charge is 0.355 e. The van der Waals surface area contributed by atoms with Gasteiger partial charge in [0.05, 0.1) is 47.3 Å². The number of fused-ring (bicyclic) bond motifs is 4. The number of rotatable bonds is 10. The molecule has 1 saturated heterocycles. The first-order valence-corrected chi connectivity index (χ1v) is 23.4. The van der Waals surface area contributed by atoms with Gasteiger partial charge in [-0.15, -0.1) is 10.2 Å². The summed E-state index contributed by atoms with van der Waals surface area (Å²) in [5, 5.41) is 22.8. The lowest BCUT2D eigenvalue weighted by molar-refractivity contribution is -0.126. The number of hydrogen-bond donors (Lipinski definition) is 2. The van der Waals surface area contributed by atoms with Gasteiger partial charge in [0, 0.05) is 54.6 Å². The van der Waals surface area contributed by atoms with Gasteiger partial charge in [0.2, 0.25) is 11.8 Å². The van der Waals surface area contributed by atoms with Crippen molar-refractivity contribution < 1.29 is 28.2 Å². The molecule has 0 saturated carbocycles. The van der Waals surface area contributed by atoms with Crippen LogP contribution in [0.5, 0.6) is 11.5 Å². The van der Waals surface area contributed by atoms with Crippen LogP contribution in [0.2, 0.25) is 5.02 Å². The number of aryl methyl sites for hydroxylation is 2. The fourth-order valence-corrected chi connectivity index (χ4v) is 9.08. The molecule has 2 amide bonds. The number of halogens is 3. The molecule has 0 spiro atoms. The molecule has 2 unspecified atom stereocenters. The van der Waals surface area contributed by atoms with Crippen molar-refractivity contribution in [2.45, 2.75) is 66.0 Å². The van der Waals surface area contributed by atoms with Crippen LogP contribution in [0.1, 0.15) is 80.1 Å². The van der Waals surface area contributed by atoms with E-state index in [2.05, 4.69) is 37.0 Å². The average molecular weight is 985 g/mol. The fourth-order valence-electron chi connectivity index (χ4n) is 8.96. The Kier molecular flexibility index (Phi) is 14.4. The summed E-state index contributed by atoms with van der Waals surface area (Å²) in [5.74, 6) is -0.361. The molecule has 7 aromatic rings. The maximum Gasteiger partial charge on any atom is 0.355 e. The van der Waals surface area contributed by atoms with Gasteiger partial charge in [-0.25, -0.2) is 23.1 Å². The number of aromatic nitrogens is 7. The van der Waals surface area contributed by atoms with E-state index in [0.717, 1.165) is 40.5 Å². The van der Waals surface area contributed by atoms with Gasteiger partial charge in [-0.1, -0.05) is 50.2 Å². The predicted molar refractivity (Wildman–Crippen MR) is 268 cm³/mol. The van der Waals surface area contributed by atoms with Gasteiger partial charge >= 0.3 is 5.69 Å². The largest absolute Gasteiger partial charge is 0.507 e. The van der Waals surface area contributed by atoms with E-state index in [1.807, 2.05) is 93.5 Å². The van der Waals surface area contributed by atoms with Gasteiger partial charge in [-0.3, -0.25) is 24.1 Å². The minimum atomic E-state index is -0.897. The zero-order chi connectivity index (χ0) is 50.8. The first kappa shape index (κ1) is 49.6. The van der Waals surface area contributed by atoms with Crippen LogP contribution in [0.15, 0.2) is 101 Å². The molecule has 4 aromatic heterocycles. The molecule has 2 aliphatic heterocycles. The van der Waals surface area contributed by atoms with Crippen molar-refractivity contribution in [3.8, 4) is 34.1 Å². The summed E-state index contributed by atoms with van der Waals surface area (Å²) < 4.78 is 39.4. The van der Waals surface area contributed by atoms with Crippen LogP contribution in [-0.2, 0) is 9.59 Å². The zero-order valence-electron chi connectivity index (χ0n) is 40.2. The van der Waals surface area contributed by atoms with Crippen molar-refractivity contribution in [1.82, 2.24) is 44.5 Å². The summed E-state index contributed by atoms with van der Waals surface area (Å²) in [6, 6.07) is 19.1. The summed E-state index contributed by atoms with van der Waals surface area (Å²) in [6.45, 7) is 16.5. The highest BCUT2D eigenvalue weighted by Gasteiger charge is 2.33. The molecule has 0 radical (unpaired) electrons. The molecule has 1 fully saturated rings. The van der Waals surface area contributed by atoms with E-state index in [9.17, 15) is 23.9 Å². The number of phenols is 1. The van der Waals surface area contributed by atoms with E-state index >= 15 is 4.39 Å². The van der Waals surface area contributed by atoms with Crippen LogP contribution in [0, 0.1) is 25.5 Å². The number of amides is 2. The number of nitrogens with one attached hydrogen (secondary N) is 1. The number of piperazine rings is 1. The lowest BCUT2D eigenvalue weighted by Crippen LogP contribution is -2.54. The van der Waals surface area contributed by atoms with E-state index in [4.69, 9.17) is 21.3 Å². The molecule has 3 aromatic carbocycles. The Hall–Kier alpha value is -7.86. The number of phenolic OH excluding ortho intramolecular Hbond substituents is 1. The van der Waals surface area contributed by atoms with Gasteiger partial charge in [0.25, 0.3) is 0 Å². The molecule has 0 aliphatic carbocycles. The second-order valence-corrected chi connectivity index (χ2v) is 17.8. The fraction of sp³-hybridized carbons (Fsp3) is 0.288. The maximum atomic E-state index is 15.8. The van der Waals surface area contributed by atoms with Crippen LogP contribution in [-0.4, -0.2) is 101 Å². The minimum absolute atomic E-state index is 0.0360. The Bertz CT molecular complexity index is 3280. The number of ether oxygens (including phenoxy) is 1. The van der Waals surface area contributed by atoms with Gasteiger partial charge in [0.1, 0.15) is 40.7 Å². The molecule has 19 heteroatoms. The Balaban J connectivity index is 0.000000200. The number of methoxy groups -OCH3 is 1. The molecule has 2 aliphatic rings. The monoisotopic (exact) mass is 983 g/mol. The number of anilines is 1. The van der Waals surface area contributed by atoms with Gasteiger partial charge in [-0.05, 0) is 99.8 Å². The summed E-state index contributed by atoms with van der Waals surface area (Å²) in [6.07, 6.45) is 3.07. The molecular formula is C52H52ClF2N11O5. The molecule has 16 nitrogen and oxygen atoms in total. The number of hydrogen-bond acceptors (Lipinski definition) is 12. The summed E-state index contributed by atoms with van der Waals surface area (Å²) in [4.78, 5) is 60.4. The van der Waals surface area contributed by atoms with Crippen LogP contribution in [0.4, 0.5) is 14.6 Å². The number of aliphatic imine (C=N–C) groups is 1. The lowest BCUT2D eigenvalue weighted by Gasteiger charge is -2.40. The molecular weight excluding hydrogens is 932 g/mol. The average Bonchev–Trinajstić information content (AvgIpc) is 3.67. The zero-order valence-corrected chi connectivity index (χ0v) is 41.0. The molecule has 2 N–H and O–H groups in total. The number of benzene rings is 3. The van der Waals surface area contributed by atoms with Crippen molar-refractivity contribution in [2.24, 2.45) is 4.99 Å². The predicted octanol–water partition coefficient (Wildman–Crippen LogP) is 8.14. The standard InChI is InChI=1S/C30H30F2N6O3.C22H22ClN5O2/c1-6-23(40)36-12-13-37(18(5)15-36)28-19-14-21(32)26(24-20(31)8-7-9-22(24)39)34-29(19)38(30(41)35-28)27-17(4)10-11-33-25(27)16(2)3;1-4-24-20(29)12-18-22-27-26-13(2)28(22)19-10-9-16(30-3)11-17(19)21(25-18)14-5-7-15(23)8-6-14/h6-11,14,16,18,39H,1,12-13,15H2,2-5H3;5-11,18H,4,12H2,1-3H3,(H,24,29). The number of carbonyl (C=O) groups excluding carboxylic acids is 2. The summed E-state index contributed by atoms with van der Waals surface area (Å²) in [7, 11) is 1.63. The van der Waals surface area contributed by atoms with Crippen LogP contribution < -0.4 is 20.6 Å². The summed E-state index contributed by atoms with van der Waals surface area (Å²) >= 11 is 6.10. The van der Waals surface area contributed by atoms with E-state index in [1.54, 1.807) is 24.3 Å². The van der Waals surface area contributed by atoms with Crippen molar-refractivity contribution in [2.75, 3.05) is 38.2 Å². The highest BCUT2D eigenvalue weighted by Crippen LogP contribution is 2.38. The van der Waals surface area contributed by atoms with Gasteiger partial charge in [-0.2, -0.15) is 4.98 Å². The topological polar surface area (TPSA) is 186 Å². The third-order valence-electron chi connectivity index (χ3n) is 12.3. The second kappa shape index (κ2) is 20.6. The van der Waals surface area contributed by atoms with Crippen molar-refractivity contribution >= 4 is 46.0 Å². The van der Waals surface area contributed by atoms with E-state index in [0.29, 0.717) is 59.7 Å². The van der Waals surface area contributed by atoms with Crippen LogP contribution >= 0.6 is 11.6 Å². The summed E-state index contributed by atoms with van der Waals surface area (Å²) in [5.41, 5.74) is 3.68. The van der Waals surface area contributed by atoms with Crippen molar-refractivity contribution in [1.29, 1.82) is 0 Å². The Morgan fingerprint density at radius 3 is 2.44 bits per heavy atom. The highest BCUT2D eigenvalue weighted by atomic mass is 35.5. The van der Waals surface area contributed by atoms with Crippen LogP contribution in [0.3, 0.4) is 0 Å². The van der Waals surface area contributed by atoms with Gasteiger partial charge < -0.3 is 25.0 Å². The Morgan fingerprint density at radius 1 is 1.00 bits per heavy atom. The normalized spacial score (nSPS) is 15.3. The molecule has 71 heavy (non-hydrogen) atoms. The third-order valence-corrected chi connectivity index (χ3v) is 12.6. The Morgan fingerprint density at radius 2 is 1.76 bits per heavy atom. The molecule has 2 atom stereocenters. The second-order valence-electron chi connectivity index (χ2n) is 17.4. The first-order valence-electron chi connectivity index (χ1n) is 23.0. The third kappa shape index (κ3) is 9.71. The minimum Gasteiger partial charge on any atom is -0.507 e. The quantitative estimate of drug-likeness (QED) is 0.126. The Labute approximate surface area is 413 Å². The molecule has 9 rings (SSSR count). The molecule has 366 valence electrons. The molecule has 0 bridgehead atoms. The number of carbonyl (C=O) groups is 2. The first-order chi connectivity index (χ1) is 34.0. The van der Waals surface area contributed by atoms with Crippen LogP contribution in [0.25, 0.3) is 33.7 Å². The van der Waals surface area contributed by atoms with Crippen molar-refractivity contribution in [3.05, 3.63) is 153 Å². The number of aromatic hydroxyl groups is 1. The lowest BCUT2D eigenvalue weighted by atomic mass is 10.00. The van der Waals surface area contributed by atoms with E-state index < -0.39 is 40.4 Å². The number of pyridine rings is 2. The number of nitrogens with zero attached hydrogens (tertiary/aromatic N) is 10. The van der Waals surface area contributed by atoms with Crippen molar-refractivity contribution in [3.63, 3.8) is 0 Å². The van der Waals surface area contributed by atoms with Gasteiger partial charge in [0.15, 0.2) is 17.3 Å². The van der Waals surface area contributed by atoms with E-state index in [-0.39, 0.29) is 47.0 Å². The SMILES string of the molecule is C=CC(=O)N1CCN(c2nc(=O)n(-c3c(C)ccnc3C(C)C)c3nc(-c4c(O)cccc4F)c(F)cc23)C(C)C1.CCNC(=O)CC1N=C(c2ccc(Cl)cc2)c2cc(OC)ccc2-n2c(C)nnc21. The van der Waals surface area contributed by atoms with E-state index in [1.165, 1.54) is 22.8 Å². The maximum absolute atomic E-state index is 15.8. The molecule has 6 heterocycles.